The van der Waals surface area contributed by atoms with Crippen molar-refractivity contribution in [1.29, 1.82) is 0 Å². The van der Waals surface area contributed by atoms with E-state index < -0.39 is 0 Å². The van der Waals surface area contributed by atoms with Gasteiger partial charge in [0.1, 0.15) is 0 Å². The third-order valence-corrected chi connectivity index (χ3v) is 2.98. The lowest BCUT2D eigenvalue weighted by atomic mass is 10.1. The molecule has 0 fully saturated rings. The predicted molar refractivity (Wildman–Crippen MR) is 74.2 cm³/mol. The first kappa shape index (κ1) is 14.5. The van der Waals surface area contributed by atoms with E-state index in [9.17, 15) is 4.79 Å². The van der Waals surface area contributed by atoms with Crippen molar-refractivity contribution in [2.75, 3.05) is 39.2 Å². The van der Waals surface area contributed by atoms with E-state index in [0.717, 1.165) is 16.8 Å². The van der Waals surface area contributed by atoms with Gasteiger partial charge in [0.2, 0.25) is 0 Å². The highest BCUT2D eigenvalue weighted by Gasteiger charge is 2.14. The second-order valence-corrected chi connectivity index (χ2v) is 4.16. The Hall–Kier alpha value is -1.55. The van der Waals surface area contributed by atoms with Gasteiger partial charge < -0.3 is 15.0 Å². The summed E-state index contributed by atoms with van der Waals surface area (Å²) in [4.78, 5) is 14.1. The normalized spacial score (nSPS) is 10.2. The van der Waals surface area contributed by atoms with Crippen LogP contribution in [0.5, 0.6) is 0 Å². The zero-order chi connectivity index (χ0) is 13.5. The topological polar surface area (TPSA) is 41.6 Å². The Morgan fingerprint density at radius 3 is 2.67 bits per heavy atom. The van der Waals surface area contributed by atoms with Gasteiger partial charge in [0.25, 0.3) is 5.91 Å². The van der Waals surface area contributed by atoms with Crippen molar-refractivity contribution in [2.45, 2.75) is 13.8 Å². The highest BCUT2D eigenvalue weighted by Crippen LogP contribution is 2.17. The first-order valence-electron chi connectivity index (χ1n) is 6.20. The van der Waals surface area contributed by atoms with Crippen LogP contribution in [-0.2, 0) is 4.74 Å². The van der Waals surface area contributed by atoms with Crippen LogP contribution in [-0.4, -0.2) is 44.7 Å². The standard InChI is InChI=1S/C14H22N2O2/c1-5-16(8-9-18-4)14(17)12-6-7-13(15-3)11(2)10-12/h6-7,10,15H,5,8-9H2,1-4H3. The summed E-state index contributed by atoms with van der Waals surface area (Å²) in [7, 11) is 3.52. The molecule has 4 nitrogen and oxygen atoms in total. The number of benzene rings is 1. The second kappa shape index (κ2) is 7.01. The molecular weight excluding hydrogens is 228 g/mol. The third kappa shape index (κ3) is 3.47. The number of hydrogen-bond donors (Lipinski definition) is 1. The maximum Gasteiger partial charge on any atom is 0.253 e. The smallest absolute Gasteiger partial charge is 0.253 e. The minimum absolute atomic E-state index is 0.0558. The lowest BCUT2D eigenvalue weighted by Crippen LogP contribution is -2.33. The van der Waals surface area contributed by atoms with E-state index in [1.165, 1.54) is 0 Å². The van der Waals surface area contributed by atoms with E-state index in [1.54, 1.807) is 12.0 Å². The minimum Gasteiger partial charge on any atom is -0.388 e. The van der Waals surface area contributed by atoms with Gasteiger partial charge >= 0.3 is 0 Å². The summed E-state index contributed by atoms with van der Waals surface area (Å²) < 4.78 is 5.02. The lowest BCUT2D eigenvalue weighted by Gasteiger charge is -2.21. The Kier molecular flexibility index (Phi) is 5.65. The van der Waals surface area contributed by atoms with Gasteiger partial charge in [-0.05, 0) is 37.6 Å². The maximum absolute atomic E-state index is 12.3. The first-order valence-corrected chi connectivity index (χ1v) is 6.20. The van der Waals surface area contributed by atoms with Gasteiger partial charge in [-0.25, -0.2) is 0 Å². The zero-order valence-corrected chi connectivity index (χ0v) is 11.6. The molecule has 1 N–H and O–H groups in total. The second-order valence-electron chi connectivity index (χ2n) is 4.16. The summed E-state index contributed by atoms with van der Waals surface area (Å²) >= 11 is 0. The number of amides is 1. The molecule has 0 aliphatic rings. The van der Waals surface area contributed by atoms with Crippen molar-refractivity contribution in [3.63, 3.8) is 0 Å². The Balaban J connectivity index is 2.84. The van der Waals surface area contributed by atoms with Gasteiger partial charge in [0, 0.05) is 38.5 Å². The van der Waals surface area contributed by atoms with E-state index in [2.05, 4.69) is 5.32 Å². The van der Waals surface area contributed by atoms with Crippen molar-refractivity contribution >= 4 is 11.6 Å². The average Bonchev–Trinajstić information content (AvgIpc) is 2.39. The highest BCUT2D eigenvalue weighted by atomic mass is 16.5. The van der Waals surface area contributed by atoms with Crippen LogP contribution in [0.15, 0.2) is 18.2 Å². The molecule has 18 heavy (non-hydrogen) atoms. The van der Waals surface area contributed by atoms with Crippen LogP contribution in [0.25, 0.3) is 0 Å². The summed E-state index contributed by atoms with van der Waals surface area (Å²) in [6, 6.07) is 5.72. The molecule has 0 aliphatic heterocycles. The molecule has 0 radical (unpaired) electrons. The van der Waals surface area contributed by atoms with Crippen LogP contribution in [0, 0.1) is 6.92 Å². The summed E-state index contributed by atoms with van der Waals surface area (Å²) in [6.07, 6.45) is 0. The Bertz CT molecular complexity index is 405. The van der Waals surface area contributed by atoms with Crippen LogP contribution in [0.2, 0.25) is 0 Å². The molecule has 0 aliphatic carbocycles. The van der Waals surface area contributed by atoms with Crippen LogP contribution in [0.3, 0.4) is 0 Å². The number of ether oxygens (including phenoxy) is 1. The van der Waals surface area contributed by atoms with Gasteiger partial charge in [0.15, 0.2) is 0 Å². The van der Waals surface area contributed by atoms with E-state index in [4.69, 9.17) is 4.74 Å². The molecule has 0 atom stereocenters. The maximum atomic E-state index is 12.3. The molecule has 100 valence electrons. The summed E-state index contributed by atoms with van der Waals surface area (Å²) in [5.41, 5.74) is 2.85. The molecule has 0 heterocycles. The predicted octanol–water partition coefficient (Wildman–Crippen LogP) is 2.15. The van der Waals surface area contributed by atoms with Crippen molar-refractivity contribution in [1.82, 2.24) is 4.90 Å². The Morgan fingerprint density at radius 1 is 1.44 bits per heavy atom. The SMILES string of the molecule is CCN(CCOC)C(=O)c1ccc(NC)c(C)c1. The van der Waals surface area contributed by atoms with Gasteiger partial charge in [-0.2, -0.15) is 0 Å². The van der Waals surface area contributed by atoms with Gasteiger partial charge in [-0.1, -0.05) is 0 Å². The molecule has 1 aromatic rings. The molecule has 1 rings (SSSR count). The summed E-state index contributed by atoms with van der Waals surface area (Å²) in [5, 5.41) is 3.09. The number of nitrogens with one attached hydrogen (secondary N) is 1. The average molecular weight is 250 g/mol. The van der Waals surface area contributed by atoms with E-state index in [0.29, 0.717) is 19.7 Å². The number of anilines is 1. The van der Waals surface area contributed by atoms with E-state index in [-0.39, 0.29) is 5.91 Å². The van der Waals surface area contributed by atoms with Crippen molar-refractivity contribution in [3.05, 3.63) is 29.3 Å². The number of hydrogen-bond acceptors (Lipinski definition) is 3. The monoisotopic (exact) mass is 250 g/mol. The van der Waals surface area contributed by atoms with Crippen molar-refractivity contribution in [2.24, 2.45) is 0 Å². The molecule has 1 amide bonds. The largest absolute Gasteiger partial charge is 0.388 e. The van der Waals surface area contributed by atoms with Gasteiger partial charge in [-0.3, -0.25) is 4.79 Å². The molecular formula is C14H22N2O2. The minimum atomic E-state index is 0.0558. The molecule has 0 aromatic heterocycles. The van der Waals surface area contributed by atoms with Gasteiger partial charge in [0.05, 0.1) is 6.61 Å². The van der Waals surface area contributed by atoms with Crippen LogP contribution in [0.4, 0.5) is 5.69 Å². The van der Waals surface area contributed by atoms with Crippen LogP contribution >= 0.6 is 0 Å². The molecule has 0 saturated heterocycles. The number of methoxy groups -OCH3 is 1. The third-order valence-electron chi connectivity index (χ3n) is 2.98. The van der Waals surface area contributed by atoms with E-state index >= 15 is 0 Å². The first-order chi connectivity index (χ1) is 8.63. The quantitative estimate of drug-likeness (QED) is 0.841. The molecule has 0 bridgehead atoms. The number of rotatable bonds is 6. The van der Waals surface area contributed by atoms with Crippen molar-refractivity contribution in [3.8, 4) is 0 Å². The number of aryl methyl sites for hydroxylation is 1. The number of carbonyl (C=O) groups excluding carboxylic acids is 1. The number of nitrogens with zero attached hydrogens (tertiary/aromatic N) is 1. The Morgan fingerprint density at radius 2 is 2.17 bits per heavy atom. The number of likely N-dealkylation sites (N-methyl/N-ethyl adjacent to an activating group) is 1. The fourth-order valence-electron chi connectivity index (χ4n) is 1.86. The van der Waals surface area contributed by atoms with Gasteiger partial charge in [-0.15, -0.1) is 0 Å². The molecule has 4 heteroatoms. The van der Waals surface area contributed by atoms with E-state index in [1.807, 2.05) is 39.1 Å². The molecule has 0 unspecified atom stereocenters. The summed E-state index contributed by atoms with van der Waals surface area (Å²) in [5.74, 6) is 0.0558. The molecule has 0 spiro atoms. The molecule has 1 aromatic carbocycles. The van der Waals surface area contributed by atoms with Crippen LogP contribution < -0.4 is 5.32 Å². The summed E-state index contributed by atoms with van der Waals surface area (Å²) in [6.45, 7) is 5.84. The molecule has 0 saturated carbocycles. The fraction of sp³-hybridized carbons (Fsp3) is 0.500. The lowest BCUT2D eigenvalue weighted by molar-refractivity contribution is 0.0706. The number of carbonyl (C=O) groups is 1. The fourth-order valence-corrected chi connectivity index (χ4v) is 1.86. The van der Waals surface area contributed by atoms with Crippen molar-refractivity contribution < 1.29 is 9.53 Å². The van der Waals surface area contributed by atoms with Crippen LogP contribution in [0.1, 0.15) is 22.8 Å². The zero-order valence-electron chi connectivity index (χ0n) is 11.6. The highest BCUT2D eigenvalue weighted by molar-refractivity contribution is 5.94. The Labute approximate surface area is 109 Å².